The van der Waals surface area contributed by atoms with Crippen LogP contribution < -0.4 is 0 Å². The van der Waals surface area contributed by atoms with Crippen molar-refractivity contribution in [3.8, 4) is 0 Å². The Morgan fingerprint density at radius 3 is 2.53 bits per heavy atom. The first-order chi connectivity index (χ1) is 7.13. The van der Waals surface area contributed by atoms with Gasteiger partial charge in [0.25, 0.3) is 6.43 Å². The van der Waals surface area contributed by atoms with Gasteiger partial charge in [0.1, 0.15) is 0 Å². The fourth-order valence-corrected chi connectivity index (χ4v) is 1.66. The third-order valence-electron chi connectivity index (χ3n) is 2.59. The van der Waals surface area contributed by atoms with Crippen molar-refractivity contribution in [3.63, 3.8) is 0 Å². The molecule has 0 aromatic rings. The van der Waals surface area contributed by atoms with Crippen LogP contribution in [-0.2, 0) is 0 Å². The molecule has 0 aliphatic heterocycles. The summed E-state index contributed by atoms with van der Waals surface area (Å²) in [7, 11) is 0. The Bertz CT molecular complexity index is 195. The minimum absolute atomic E-state index is 0.212. The molecule has 1 fully saturated rings. The molecular weight excluding hydrogens is 200 g/mol. The van der Waals surface area contributed by atoms with Crippen LogP contribution in [0.25, 0.3) is 0 Å². The van der Waals surface area contributed by atoms with Crippen molar-refractivity contribution in [2.45, 2.75) is 44.3 Å². The van der Waals surface area contributed by atoms with E-state index in [0.29, 0.717) is 13.0 Å². The van der Waals surface area contributed by atoms with E-state index in [9.17, 15) is 13.9 Å². The monoisotopic (exact) mass is 219 g/mol. The molecule has 1 N–H and O–H groups in total. The van der Waals surface area contributed by atoms with E-state index in [4.69, 9.17) is 0 Å². The van der Waals surface area contributed by atoms with Gasteiger partial charge in [-0.3, -0.25) is 4.90 Å². The molecule has 88 valence electrons. The van der Waals surface area contributed by atoms with E-state index < -0.39 is 12.5 Å². The van der Waals surface area contributed by atoms with Crippen molar-refractivity contribution in [1.82, 2.24) is 4.90 Å². The molecule has 0 spiro atoms. The van der Waals surface area contributed by atoms with Gasteiger partial charge in [0.15, 0.2) is 0 Å². The Morgan fingerprint density at radius 1 is 1.40 bits per heavy atom. The first-order valence-electron chi connectivity index (χ1n) is 5.44. The van der Waals surface area contributed by atoms with E-state index in [1.165, 1.54) is 0 Å². The topological polar surface area (TPSA) is 23.5 Å². The molecule has 0 saturated heterocycles. The summed E-state index contributed by atoms with van der Waals surface area (Å²) in [5.74, 6) is 0. The second-order valence-corrected chi connectivity index (χ2v) is 4.10. The van der Waals surface area contributed by atoms with Crippen LogP contribution in [-0.4, -0.2) is 41.7 Å². The van der Waals surface area contributed by atoms with E-state index in [1.807, 2.05) is 0 Å². The Kier molecular flexibility index (Phi) is 5.19. The summed E-state index contributed by atoms with van der Waals surface area (Å²) in [5, 5.41) is 9.61. The van der Waals surface area contributed by atoms with Crippen molar-refractivity contribution in [2.75, 3.05) is 13.1 Å². The zero-order chi connectivity index (χ0) is 11.3. The predicted octanol–water partition coefficient (Wildman–Crippen LogP) is 2.04. The largest absolute Gasteiger partial charge is 0.392 e. The molecule has 0 heterocycles. The van der Waals surface area contributed by atoms with Crippen LogP contribution in [0.1, 0.15) is 25.7 Å². The van der Waals surface area contributed by atoms with Gasteiger partial charge in [0.2, 0.25) is 0 Å². The average Bonchev–Trinajstić information content (AvgIpc) is 2.96. The van der Waals surface area contributed by atoms with Crippen LogP contribution in [0.2, 0.25) is 0 Å². The van der Waals surface area contributed by atoms with E-state index in [-0.39, 0.29) is 12.6 Å². The highest BCUT2D eigenvalue weighted by Gasteiger charge is 2.31. The third-order valence-corrected chi connectivity index (χ3v) is 2.59. The Labute approximate surface area is 89.6 Å². The van der Waals surface area contributed by atoms with E-state index in [2.05, 4.69) is 6.58 Å². The highest BCUT2D eigenvalue weighted by molar-refractivity contribution is 4.86. The SMILES string of the molecule is C=CCCC(O)CN(CC(F)F)C1CC1. The average molecular weight is 219 g/mol. The van der Waals surface area contributed by atoms with Crippen molar-refractivity contribution in [2.24, 2.45) is 0 Å². The van der Waals surface area contributed by atoms with Gasteiger partial charge in [-0.1, -0.05) is 6.08 Å². The second kappa shape index (κ2) is 6.18. The fourth-order valence-electron chi connectivity index (χ4n) is 1.66. The van der Waals surface area contributed by atoms with Gasteiger partial charge < -0.3 is 5.11 Å². The smallest absolute Gasteiger partial charge is 0.251 e. The van der Waals surface area contributed by atoms with Gasteiger partial charge in [0, 0.05) is 12.6 Å². The number of rotatable bonds is 8. The van der Waals surface area contributed by atoms with Crippen molar-refractivity contribution < 1.29 is 13.9 Å². The second-order valence-electron chi connectivity index (χ2n) is 4.10. The lowest BCUT2D eigenvalue weighted by molar-refractivity contribution is 0.0484. The number of allylic oxidation sites excluding steroid dienone is 1. The van der Waals surface area contributed by atoms with Gasteiger partial charge in [-0.2, -0.15) is 0 Å². The van der Waals surface area contributed by atoms with Gasteiger partial charge in [-0.25, -0.2) is 8.78 Å². The van der Waals surface area contributed by atoms with Crippen molar-refractivity contribution >= 4 is 0 Å². The van der Waals surface area contributed by atoms with Crippen LogP contribution in [0, 0.1) is 0 Å². The molecular formula is C11H19F2NO. The van der Waals surface area contributed by atoms with Gasteiger partial charge >= 0.3 is 0 Å². The van der Waals surface area contributed by atoms with Gasteiger partial charge in [0.05, 0.1) is 12.6 Å². The lowest BCUT2D eigenvalue weighted by Gasteiger charge is -2.24. The third kappa shape index (κ3) is 5.23. The van der Waals surface area contributed by atoms with Crippen LogP contribution in [0.3, 0.4) is 0 Å². The number of halogens is 2. The van der Waals surface area contributed by atoms with E-state index >= 15 is 0 Å². The molecule has 0 bridgehead atoms. The summed E-state index contributed by atoms with van der Waals surface area (Å²) in [6, 6.07) is 0.275. The summed E-state index contributed by atoms with van der Waals surface area (Å²) < 4.78 is 24.5. The predicted molar refractivity (Wildman–Crippen MR) is 56.0 cm³/mol. The number of alkyl halides is 2. The number of hydrogen-bond donors (Lipinski definition) is 1. The molecule has 0 radical (unpaired) electrons. The van der Waals surface area contributed by atoms with E-state index in [0.717, 1.165) is 19.3 Å². The maximum absolute atomic E-state index is 12.2. The zero-order valence-corrected chi connectivity index (χ0v) is 8.91. The quantitative estimate of drug-likeness (QED) is 0.631. The summed E-state index contributed by atoms with van der Waals surface area (Å²) in [4.78, 5) is 1.71. The number of nitrogens with zero attached hydrogens (tertiary/aromatic N) is 1. The van der Waals surface area contributed by atoms with E-state index in [1.54, 1.807) is 11.0 Å². The molecule has 2 nitrogen and oxygen atoms in total. The normalized spacial score (nSPS) is 18.5. The summed E-state index contributed by atoms with van der Waals surface area (Å²) >= 11 is 0. The standard InChI is InChI=1S/C11H19F2NO/c1-2-3-4-10(15)7-14(8-11(12)13)9-5-6-9/h2,9-11,15H,1,3-8H2. The number of hydrogen-bond acceptors (Lipinski definition) is 2. The molecule has 1 saturated carbocycles. The maximum Gasteiger partial charge on any atom is 0.251 e. The fraction of sp³-hybridized carbons (Fsp3) is 0.818. The minimum Gasteiger partial charge on any atom is -0.392 e. The van der Waals surface area contributed by atoms with Gasteiger partial charge in [-0.05, 0) is 25.7 Å². The molecule has 1 rings (SSSR count). The van der Waals surface area contributed by atoms with Crippen LogP contribution in [0.4, 0.5) is 8.78 Å². The van der Waals surface area contributed by atoms with Crippen molar-refractivity contribution in [3.05, 3.63) is 12.7 Å². The highest BCUT2D eigenvalue weighted by Crippen LogP contribution is 2.27. The first-order valence-corrected chi connectivity index (χ1v) is 5.44. The molecule has 4 heteroatoms. The molecule has 1 aliphatic carbocycles. The number of aliphatic hydroxyl groups excluding tert-OH is 1. The molecule has 0 aromatic carbocycles. The highest BCUT2D eigenvalue weighted by atomic mass is 19.3. The molecule has 0 amide bonds. The summed E-state index contributed by atoms with van der Waals surface area (Å²) in [5.41, 5.74) is 0. The van der Waals surface area contributed by atoms with Crippen LogP contribution >= 0.6 is 0 Å². The molecule has 1 aliphatic rings. The molecule has 1 atom stereocenters. The summed E-state index contributed by atoms with van der Waals surface area (Å²) in [6.07, 6.45) is 2.23. The minimum atomic E-state index is -2.31. The Balaban J connectivity index is 2.26. The van der Waals surface area contributed by atoms with Crippen molar-refractivity contribution in [1.29, 1.82) is 0 Å². The first kappa shape index (κ1) is 12.6. The lowest BCUT2D eigenvalue weighted by atomic mass is 10.2. The molecule has 1 unspecified atom stereocenters. The maximum atomic E-state index is 12.2. The Morgan fingerprint density at radius 2 is 2.07 bits per heavy atom. The lowest BCUT2D eigenvalue weighted by Crippen LogP contribution is -2.37. The van der Waals surface area contributed by atoms with Gasteiger partial charge in [-0.15, -0.1) is 6.58 Å². The molecule has 0 aromatic heterocycles. The Hall–Kier alpha value is -0.480. The van der Waals surface area contributed by atoms with Crippen LogP contribution in [0.5, 0.6) is 0 Å². The number of aliphatic hydroxyl groups is 1. The summed E-state index contributed by atoms with van der Waals surface area (Å²) in [6.45, 7) is 3.71. The molecule has 15 heavy (non-hydrogen) atoms. The zero-order valence-electron chi connectivity index (χ0n) is 8.91. The van der Waals surface area contributed by atoms with Crippen LogP contribution in [0.15, 0.2) is 12.7 Å².